The number of hydrogen-bond donors (Lipinski definition) is 1. The molecule has 0 aromatic carbocycles. The fraction of sp³-hybridized carbons (Fsp3) is 0.946. The Morgan fingerprint density at radius 1 is 0.628 bits per heavy atom. The number of aliphatic hydroxyl groups is 1. The summed E-state index contributed by atoms with van der Waals surface area (Å²) in [6.07, 6.45) is 30.3. The molecular formula is C37H71NO5. The van der Waals surface area contributed by atoms with Crippen LogP contribution in [0.5, 0.6) is 0 Å². The molecule has 0 unspecified atom stereocenters. The largest absolute Gasteiger partial charge is 0.462 e. The highest BCUT2D eigenvalue weighted by molar-refractivity contribution is 5.69. The summed E-state index contributed by atoms with van der Waals surface area (Å²) in [6.45, 7) is 7.08. The smallest absolute Gasteiger partial charge is 0.306 e. The molecule has 1 saturated carbocycles. The zero-order chi connectivity index (χ0) is 31.2. The molecule has 254 valence electrons. The minimum Gasteiger partial charge on any atom is -0.462 e. The van der Waals surface area contributed by atoms with E-state index in [1.54, 1.807) is 0 Å². The van der Waals surface area contributed by atoms with Crippen molar-refractivity contribution in [3.05, 3.63) is 0 Å². The molecule has 43 heavy (non-hydrogen) atoms. The van der Waals surface area contributed by atoms with E-state index < -0.39 is 0 Å². The van der Waals surface area contributed by atoms with Crippen molar-refractivity contribution in [2.45, 2.75) is 199 Å². The Labute approximate surface area is 266 Å². The van der Waals surface area contributed by atoms with Crippen LogP contribution in [0.2, 0.25) is 0 Å². The number of ether oxygens (including phenoxy) is 2. The topological polar surface area (TPSA) is 76.1 Å². The van der Waals surface area contributed by atoms with Crippen molar-refractivity contribution in [3.63, 3.8) is 0 Å². The van der Waals surface area contributed by atoms with Crippen LogP contribution in [0.1, 0.15) is 187 Å². The summed E-state index contributed by atoms with van der Waals surface area (Å²) in [5.74, 6) is -0.0661. The average molecular weight is 610 g/mol. The standard InChI is InChI=1S/C37H71NO5/c1-3-5-7-9-12-17-24-34(25-18-13-10-8-6-4-2)42-36(40)28-21-14-11-15-22-30-38(32-33-39)31-23-29-37(41)43-35-26-19-16-20-27-35/h34-35,39H,3-33H2,1-2H3. The molecule has 0 spiro atoms. The molecule has 6 nitrogen and oxygen atoms in total. The van der Waals surface area contributed by atoms with E-state index in [2.05, 4.69) is 18.7 Å². The lowest BCUT2D eigenvalue weighted by atomic mass is 9.98. The maximum absolute atomic E-state index is 12.6. The van der Waals surface area contributed by atoms with Gasteiger partial charge >= 0.3 is 11.9 Å². The van der Waals surface area contributed by atoms with Crippen molar-refractivity contribution >= 4 is 11.9 Å². The molecule has 0 heterocycles. The maximum atomic E-state index is 12.6. The minimum absolute atomic E-state index is 0.00176. The molecule has 0 radical (unpaired) electrons. The number of aliphatic hydroxyl groups excluding tert-OH is 1. The van der Waals surface area contributed by atoms with Gasteiger partial charge in [-0.15, -0.1) is 0 Å². The van der Waals surface area contributed by atoms with E-state index >= 15 is 0 Å². The second-order valence-corrected chi connectivity index (χ2v) is 13.2. The third-order valence-corrected chi connectivity index (χ3v) is 9.03. The molecular weight excluding hydrogens is 538 g/mol. The Kier molecular flexibility index (Phi) is 27.4. The van der Waals surface area contributed by atoms with Gasteiger partial charge in [-0.1, -0.05) is 104 Å². The van der Waals surface area contributed by atoms with Crippen molar-refractivity contribution in [1.82, 2.24) is 4.90 Å². The summed E-state index contributed by atoms with van der Waals surface area (Å²) >= 11 is 0. The molecule has 0 amide bonds. The van der Waals surface area contributed by atoms with Crippen molar-refractivity contribution in [1.29, 1.82) is 0 Å². The summed E-state index contributed by atoms with van der Waals surface area (Å²) in [7, 11) is 0. The Morgan fingerprint density at radius 3 is 1.74 bits per heavy atom. The fourth-order valence-corrected chi connectivity index (χ4v) is 6.30. The predicted molar refractivity (Wildman–Crippen MR) is 179 cm³/mol. The number of rotatable bonds is 30. The van der Waals surface area contributed by atoms with Gasteiger partial charge in [0.05, 0.1) is 6.61 Å². The quantitative estimate of drug-likeness (QED) is 0.0645. The molecule has 1 N–H and O–H groups in total. The summed E-state index contributed by atoms with van der Waals surface area (Å²) in [5.41, 5.74) is 0. The third-order valence-electron chi connectivity index (χ3n) is 9.03. The van der Waals surface area contributed by atoms with E-state index in [1.807, 2.05) is 0 Å². The number of esters is 2. The van der Waals surface area contributed by atoms with Crippen molar-refractivity contribution in [2.75, 3.05) is 26.2 Å². The van der Waals surface area contributed by atoms with E-state index in [0.717, 1.165) is 77.3 Å². The van der Waals surface area contributed by atoms with Gasteiger partial charge in [0.25, 0.3) is 0 Å². The molecule has 0 aromatic heterocycles. The van der Waals surface area contributed by atoms with E-state index in [0.29, 0.717) is 19.4 Å². The molecule has 1 fully saturated rings. The summed E-state index contributed by atoms with van der Waals surface area (Å²) in [4.78, 5) is 27.1. The normalized spacial score (nSPS) is 14.1. The SMILES string of the molecule is CCCCCCCCC(CCCCCCCC)OC(=O)CCCCCCCN(CCO)CCCC(=O)OC1CCCCC1. The lowest BCUT2D eigenvalue weighted by molar-refractivity contribution is -0.151. The minimum atomic E-state index is -0.0643. The molecule has 1 aliphatic carbocycles. The summed E-state index contributed by atoms with van der Waals surface area (Å²) < 4.78 is 11.6. The Bertz CT molecular complexity index is 620. The summed E-state index contributed by atoms with van der Waals surface area (Å²) in [6, 6.07) is 0. The van der Waals surface area contributed by atoms with Crippen LogP contribution < -0.4 is 0 Å². The molecule has 6 heteroatoms. The van der Waals surface area contributed by atoms with E-state index in [4.69, 9.17) is 9.47 Å². The highest BCUT2D eigenvalue weighted by Gasteiger charge is 2.18. The Hall–Kier alpha value is -1.14. The monoisotopic (exact) mass is 610 g/mol. The molecule has 0 aliphatic heterocycles. The van der Waals surface area contributed by atoms with Gasteiger partial charge in [-0.3, -0.25) is 9.59 Å². The number of carbonyl (C=O) groups is 2. The first-order chi connectivity index (χ1) is 21.1. The predicted octanol–water partition coefficient (Wildman–Crippen LogP) is 9.69. The first-order valence-corrected chi connectivity index (χ1v) is 18.8. The number of hydrogen-bond acceptors (Lipinski definition) is 6. The second kappa shape index (κ2) is 29.6. The zero-order valence-corrected chi connectivity index (χ0v) is 28.6. The van der Waals surface area contributed by atoms with Crippen LogP contribution in [-0.4, -0.2) is 60.4 Å². The van der Waals surface area contributed by atoms with Crippen molar-refractivity contribution in [2.24, 2.45) is 0 Å². The van der Waals surface area contributed by atoms with Gasteiger partial charge in [0.1, 0.15) is 12.2 Å². The average Bonchev–Trinajstić information content (AvgIpc) is 3.00. The van der Waals surface area contributed by atoms with E-state index in [-0.39, 0.29) is 30.8 Å². The summed E-state index contributed by atoms with van der Waals surface area (Å²) in [5, 5.41) is 9.45. The molecule has 1 rings (SSSR count). The first kappa shape index (κ1) is 39.9. The Morgan fingerprint density at radius 2 is 1.14 bits per heavy atom. The van der Waals surface area contributed by atoms with E-state index in [1.165, 1.54) is 96.3 Å². The van der Waals surface area contributed by atoms with Crippen LogP contribution in [-0.2, 0) is 19.1 Å². The lowest BCUT2D eigenvalue weighted by Gasteiger charge is -2.23. The second-order valence-electron chi connectivity index (χ2n) is 13.2. The van der Waals surface area contributed by atoms with Crippen LogP contribution in [0.4, 0.5) is 0 Å². The van der Waals surface area contributed by atoms with Gasteiger partial charge < -0.3 is 19.5 Å². The van der Waals surface area contributed by atoms with Gasteiger partial charge in [0.2, 0.25) is 0 Å². The zero-order valence-electron chi connectivity index (χ0n) is 28.6. The number of carbonyl (C=O) groups excluding carboxylic acids is 2. The van der Waals surface area contributed by atoms with Gasteiger partial charge in [0.15, 0.2) is 0 Å². The van der Waals surface area contributed by atoms with Crippen LogP contribution in [0.3, 0.4) is 0 Å². The van der Waals surface area contributed by atoms with Crippen LogP contribution in [0.15, 0.2) is 0 Å². The number of nitrogens with zero attached hydrogens (tertiary/aromatic N) is 1. The van der Waals surface area contributed by atoms with Crippen molar-refractivity contribution < 1.29 is 24.2 Å². The molecule has 0 atom stereocenters. The van der Waals surface area contributed by atoms with Crippen LogP contribution in [0, 0.1) is 0 Å². The first-order valence-electron chi connectivity index (χ1n) is 18.8. The molecule has 1 aliphatic rings. The lowest BCUT2D eigenvalue weighted by Crippen LogP contribution is -2.30. The van der Waals surface area contributed by atoms with Gasteiger partial charge in [0, 0.05) is 19.4 Å². The Balaban J connectivity index is 2.17. The molecule has 0 bridgehead atoms. The fourth-order valence-electron chi connectivity index (χ4n) is 6.30. The van der Waals surface area contributed by atoms with Crippen LogP contribution >= 0.6 is 0 Å². The molecule has 0 saturated heterocycles. The van der Waals surface area contributed by atoms with Crippen LogP contribution in [0.25, 0.3) is 0 Å². The highest BCUT2D eigenvalue weighted by atomic mass is 16.5. The third kappa shape index (κ3) is 24.8. The van der Waals surface area contributed by atoms with Gasteiger partial charge in [-0.2, -0.15) is 0 Å². The molecule has 0 aromatic rings. The maximum Gasteiger partial charge on any atom is 0.306 e. The van der Waals surface area contributed by atoms with Gasteiger partial charge in [-0.05, 0) is 83.7 Å². The number of unbranched alkanes of at least 4 members (excludes halogenated alkanes) is 14. The van der Waals surface area contributed by atoms with Crippen molar-refractivity contribution in [3.8, 4) is 0 Å². The van der Waals surface area contributed by atoms with Gasteiger partial charge in [-0.25, -0.2) is 0 Å². The highest BCUT2D eigenvalue weighted by Crippen LogP contribution is 2.21. The van der Waals surface area contributed by atoms with E-state index in [9.17, 15) is 14.7 Å².